The third-order valence-electron chi connectivity index (χ3n) is 6.26. The summed E-state index contributed by atoms with van der Waals surface area (Å²) >= 11 is 12.2. The summed E-state index contributed by atoms with van der Waals surface area (Å²) in [6, 6.07) is 15.2. The number of benzene rings is 2. The molecule has 3 aliphatic rings. The van der Waals surface area contributed by atoms with E-state index in [-0.39, 0.29) is 17.5 Å². The predicted molar refractivity (Wildman–Crippen MR) is 120 cm³/mol. The minimum absolute atomic E-state index is 0.139. The van der Waals surface area contributed by atoms with Crippen LogP contribution in [0.3, 0.4) is 0 Å². The number of Topliss-reactive ketones (excluding diaryl/α,β-unsaturated/α-hetero) is 2. The molecule has 5 heteroatoms. The van der Waals surface area contributed by atoms with E-state index in [0.717, 1.165) is 59.5 Å². The van der Waals surface area contributed by atoms with E-state index in [2.05, 4.69) is 4.90 Å². The average molecular weight is 438 g/mol. The van der Waals surface area contributed by atoms with Gasteiger partial charge >= 0.3 is 0 Å². The average Bonchev–Trinajstić information content (AvgIpc) is 2.74. The van der Waals surface area contributed by atoms with E-state index < -0.39 is 0 Å². The van der Waals surface area contributed by atoms with Gasteiger partial charge in [-0.15, -0.1) is 0 Å². The second-order valence-electron chi connectivity index (χ2n) is 8.07. The standard InChI is InChI=1S/C25H21Cl2NO2/c26-16-9-7-15(8-10-16)23-24-19(3-1-5-21(24)29)28(18-13-11-17(27)12-14-18)20-4-2-6-22(30)25(20)23/h7-14,23H,1-6H2. The van der Waals surface area contributed by atoms with E-state index in [0.29, 0.717) is 22.9 Å². The second kappa shape index (κ2) is 7.72. The zero-order chi connectivity index (χ0) is 20.8. The second-order valence-corrected chi connectivity index (χ2v) is 8.94. The summed E-state index contributed by atoms with van der Waals surface area (Å²) < 4.78 is 0. The van der Waals surface area contributed by atoms with Crippen LogP contribution in [0.1, 0.15) is 50.0 Å². The van der Waals surface area contributed by atoms with E-state index in [1.165, 1.54) is 0 Å². The van der Waals surface area contributed by atoms with Crippen LogP contribution >= 0.6 is 23.2 Å². The lowest BCUT2D eigenvalue weighted by atomic mass is 9.71. The number of allylic oxidation sites excluding steroid dienone is 4. The first-order chi connectivity index (χ1) is 14.5. The lowest BCUT2D eigenvalue weighted by Gasteiger charge is -2.44. The Labute approximate surface area is 186 Å². The molecule has 152 valence electrons. The molecule has 0 unspecified atom stereocenters. The fourth-order valence-corrected chi connectivity index (χ4v) is 5.26. The maximum Gasteiger partial charge on any atom is 0.161 e. The topological polar surface area (TPSA) is 37.4 Å². The van der Waals surface area contributed by atoms with Crippen molar-refractivity contribution in [2.45, 2.75) is 44.4 Å². The Morgan fingerprint density at radius 3 is 1.63 bits per heavy atom. The molecular weight excluding hydrogens is 417 g/mol. The van der Waals surface area contributed by atoms with Crippen molar-refractivity contribution in [2.75, 3.05) is 4.90 Å². The fraction of sp³-hybridized carbons (Fsp3) is 0.280. The Balaban J connectivity index is 1.77. The minimum atomic E-state index is -0.309. The highest BCUT2D eigenvalue weighted by Gasteiger charge is 2.43. The smallest absolute Gasteiger partial charge is 0.161 e. The van der Waals surface area contributed by atoms with Gasteiger partial charge in [-0.25, -0.2) is 0 Å². The van der Waals surface area contributed by atoms with Crippen molar-refractivity contribution < 1.29 is 9.59 Å². The Kier molecular flexibility index (Phi) is 5.04. The molecule has 30 heavy (non-hydrogen) atoms. The molecule has 0 aromatic heterocycles. The monoisotopic (exact) mass is 437 g/mol. The van der Waals surface area contributed by atoms with E-state index in [4.69, 9.17) is 23.2 Å². The molecule has 0 radical (unpaired) electrons. The van der Waals surface area contributed by atoms with E-state index in [1.54, 1.807) is 0 Å². The Hall–Kier alpha value is -2.36. The normalized spacial score (nSPS) is 19.9. The van der Waals surface area contributed by atoms with Crippen LogP contribution in [0.25, 0.3) is 0 Å². The zero-order valence-corrected chi connectivity index (χ0v) is 18.0. The number of carbonyl (C=O) groups is 2. The van der Waals surface area contributed by atoms with Crippen molar-refractivity contribution in [1.29, 1.82) is 0 Å². The summed E-state index contributed by atoms with van der Waals surface area (Å²) in [5, 5.41) is 1.31. The summed E-state index contributed by atoms with van der Waals surface area (Å²) in [5.41, 5.74) is 5.52. The zero-order valence-electron chi connectivity index (χ0n) is 16.5. The summed E-state index contributed by atoms with van der Waals surface area (Å²) in [7, 11) is 0. The number of hydrogen-bond acceptors (Lipinski definition) is 3. The van der Waals surface area contributed by atoms with E-state index in [9.17, 15) is 9.59 Å². The largest absolute Gasteiger partial charge is 0.317 e. The molecule has 5 rings (SSSR count). The van der Waals surface area contributed by atoms with Gasteiger partial charge in [-0.2, -0.15) is 0 Å². The fourth-order valence-electron chi connectivity index (χ4n) is 5.01. The first kappa shape index (κ1) is 19.6. The molecule has 2 aromatic carbocycles. The third-order valence-corrected chi connectivity index (χ3v) is 6.77. The van der Waals surface area contributed by atoms with Crippen molar-refractivity contribution >= 4 is 40.5 Å². The molecular formula is C25H21Cl2NO2. The molecule has 2 aliphatic carbocycles. The number of rotatable bonds is 2. The van der Waals surface area contributed by atoms with Crippen LogP contribution in [-0.2, 0) is 9.59 Å². The molecule has 0 atom stereocenters. The van der Waals surface area contributed by atoms with Crippen LogP contribution in [0.15, 0.2) is 71.1 Å². The predicted octanol–water partition coefficient (Wildman–Crippen LogP) is 6.61. The van der Waals surface area contributed by atoms with Gasteiger partial charge in [0.25, 0.3) is 0 Å². The van der Waals surface area contributed by atoms with Crippen molar-refractivity contribution in [1.82, 2.24) is 0 Å². The lowest BCUT2D eigenvalue weighted by molar-refractivity contribution is -0.116. The van der Waals surface area contributed by atoms with Crippen molar-refractivity contribution in [3.63, 3.8) is 0 Å². The number of hydrogen-bond donors (Lipinski definition) is 0. The highest BCUT2D eigenvalue weighted by molar-refractivity contribution is 6.30. The van der Waals surface area contributed by atoms with Gasteiger partial charge in [0.05, 0.1) is 0 Å². The summed E-state index contributed by atoms with van der Waals surface area (Å²) in [6.45, 7) is 0. The molecule has 3 nitrogen and oxygen atoms in total. The Bertz CT molecular complexity index is 1050. The highest BCUT2D eigenvalue weighted by atomic mass is 35.5. The van der Waals surface area contributed by atoms with Crippen molar-refractivity contribution in [3.8, 4) is 0 Å². The maximum atomic E-state index is 13.2. The quantitative estimate of drug-likeness (QED) is 0.530. The van der Waals surface area contributed by atoms with Gasteiger partial charge in [-0.3, -0.25) is 9.59 Å². The molecule has 2 aromatic rings. The van der Waals surface area contributed by atoms with Crippen LogP contribution in [0.5, 0.6) is 0 Å². The molecule has 0 saturated carbocycles. The van der Waals surface area contributed by atoms with Gasteiger partial charge in [0.1, 0.15) is 0 Å². The van der Waals surface area contributed by atoms with Gasteiger partial charge in [0.15, 0.2) is 11.6 Å². The molecule has 1 heterocycles. The van der Waals surface area contributed by atoms with Crippen molar-refractivity contribution in [3.05, 3.63) is 86.7 Å². The van der Waals surface area contributed by atoms with Crippen LogP contribution in [0.4, 0.5) is 5.69 Å². The molecule has 0 N–H and O–H groups in total. The number of nitrogens with zero attached hydrogens (tertiary/aromatic N) is 1. The van der Waals surface area contributed by atoms with Gasteiger partial charge in [-0.1, -0.05) is 35.3 Å². The summed E-state index contributed by atoms with van der Waals surface area (Å²) in [4.78, 5) is 28.6. The Morgan fingerprint density at radius 1 is 0.667 bits per heavy atom. The first-order valence-corrected chi connectivity index (χ1v) is 11.1. The van der Waals surface area contributed by atoms with Crippen LogP contribution in [-0.4, -0.2) is 11.6 Å². The van der Waals surface area contributed by atoms with Crippen LogP contribution in [0, 0.1) is 0 Å². The first-order valence-electron chi connectivity index (χ1n) is 10.4. The van der Waals surface area contributed by atoms with Crippen molar-refractivity contribution in [2.24, 2.45) is 0 Å². The molecule has 0 fully saturated rings. The van der Waals surface area contributed by atoms with Crippen LogP contribution < -0.4 is 4.90 Å². The van der Waals surface area contributed by atoms with Crippen LogP contribution in [0.2, 0.25) is 10.0 Å². The number of anilines is 1. The third kappa shape index (κ3) is 3.21. The molecule has 0 bridgehead atoms. The van der Waals surface area contributed by atoms with Gasteiger partial charge in [0, 0.05) is 57.0 Å². The molecule has 0 spiro atoms. The molecule has 1 aliphatic heterocycles. The number of halogens is 2. The minimum Gasteiger partial charge on any atom is -0.317 e. The summed E-state index contributed by atoms with van der Waals surface area (Å²) in [5.74, 6) is -0.0309. The van der Waals surface area contributed by atoms with Gasteiger partial charge in [-0.05, 0) is 67.6 Å². The number of ketones is 2. The van der Waals surface area contributed by atoms with Gasteiger partial charge in [0.2, 0.25) is 0 Å². The SMILES string of the molecule is O=C1CCCC2=C1C(c1ccc(Cl)cc1)C1=C(CCCC1=O)N2c1ccc(Cl)cc1. The lowest BCUT2D eigenvalue weighted by Crippen LogP contribution is -2.39. The highest BCUT2D eigenvalue weighted by Crippen LogP contribution is 2.50. The van der Waals surface area contributed by atoms with E-state index >= 15 is 0 Å². The Morgan fingerprint density at radius 2 is 1.13 bits per heavy atom. The summed E-state index contributed by atoms with van der Waals surface area (Å²) in [6.07, 6.45) is 4.33. The van der Waals surface area contributed by atoms with Gasteiger partial charge < -0.3 is 4.90 Å². The molecule has 0 saturated heterocycles. The number of carbonyl (C=O) groups excluding carboxylic acids is 2. The maximum absolute atomic E-state index is 13.2. The molecule has 0 amide bonds. The van der Waals surface area contributed by atoms with E-state index in [1.807, 2.05) is 48.5 Å².